The van der Waals surface area contributed by atoms with E-state index >= 15 is 0 Å². The molecule has 0 saturated carbocycles. The molecule has 0 aromatic carbocycles. The van der Waals surface area contributed by atoms with Gasteiger partial charge in [0, 0.05) is 63.6 Å². The van der Waals surface area contributed by atoms with E-state index in [1.807, 2.05) is 17.3 Å². The number of amides is 1. The summed E-state index contributed by atoms with van der Waals surface area (Å²) in [5, 5.41) is 0. The lowest BCUT2D eigenvalue weighted by atomic mass is 9.75. The van der Waals surface area contributed by atoms with Gasteiger partial charge < -0.3 is 18.6 Å². The molecule has 2 atom stereocenters. The molecule has 2 aromatic rings. The zero-order valence-corrected chi connectivity index (χ0v) is 17.0. The highest BCUT2D eigenvalue weighted by Gasteiger charge is 2.57. The summed E-state index contributed by atoms with van der Waals surface area (Å²) in [5.41, 5.74) is 1.78. The predicted molar refractivity (Wildman–Crippen MR) is 105 cm³/mol. The molecule has 2 saturated heterocycles. The predicted octanol–water partition coefficient (Wildman–Crippen LogP) is 2.52. The van der Waals surface area contributed by atoms with Crippen LogP contribution in [0.15, 0.2) is 35.5 Å². The minimum Gasteiger partial charge on any atom is -0.472 e. The first kappa shape index (κ1) is 19.2. The molecule has 2 aliphatic heterocycles. The van der Waals surface area contributed by atoms with Crippen molar-refractivity contribution in [3.8, 4) is 0 Å². The molecule has 152 valence electrons. The summed E-state index contributed by atoms with van der Waals surface area (Å²) in [6, 6.07) is 2.35. The van der Waals surface area contributed by atoms with E-state index in [0.717, 1.165) is 43.9 Å². The smallest absolute Gasteiger partial charge is 0.230 e. The molecule has 0 N–H and O–H groups in total. The van der Waals surface area contributed by atoms with Crippen LogP contribution in [0.5, 0.6) is 0 Å². The van der Waals surface area contributed by atoms with E-state index in [-0.39, 0.29) is 11.8 Å². The number of ether oxygens (including phenoxy) is 1. The van der Waals surface area contributed by atoms with Crippen LogP contribution in [-0.2, 0) is 16.1 Å². The number of hydrogen-bond acceptors (Lipinski definition) is 5. The second-order valence-corrected chi connectivity index (χ2v) is 8.38. The Hall–Kier alpha value is -2.12. The summed E-state index contributed by atoms with van der Waals surface area (Å²) >= 11 is 0. The molecule has 0 radical (unpaired) electrons. The molecule has 4 rings (SSSR count). The summed E-state index contributed by atoms with van der Waals surface area (Å²) in [4.78, 5) is 22.6. The highest BCUT2D eigenvalue weighted by molar-refractivity contribution is 5.86. The summed E-state index contributed by atoms with van der Waals surface area (Å²) < 4.78 is 12.6. The van der Waals surface area contributed by atoms with Gasteiger partial charge in [-0.15, -0.1) is 0 Å². The monoisotopic (exact) mass is 386 g/mol. The van der Waals surface area contributed by atoms with Crippen molar-refractivity contribution in [2.75, 3.05) is 39.9 Å². The van der Waals surface area contributed by atoms with Crippen LogP contribution >= 0.6 is 0 Å². The maximum atomic E-state index is 13.5. The quantitative estimate of drug-likeness (QED) is 0.732. The van der Waals surface area contributed by atoms with Crippen molar-refractivity contribution in [3.05, 3.63) is 42.4 Å². The van der Waals surface area contributed by atoms with Gasteiger partial charge in [0.25, 0.3) is 0 Å². The van der Waals surface area contributed by atoms with Crippen molar-refractivity contribution < 1.29 is 13.9 Å². The van der Waals surface area contributed by atoms with Gasteiger partial charge in [-0.3, -0.25) is 9.69 Å². The molecule has 1 amide bonds. The lowest BCUT2D eigenvalue weighted by Crippen LogP contribution is -2.40. The maximum Gasteiger partial charge on any atom is 0.230 e. The lowest BCUT2D eigenvalue weighted by molar-refractivity contribution is -0.136. The van der Waals surface area contributed by atoms with Gasteiger partial charge in [0.1, 0.15) is 0 Å². The molecule has 1 spiro atoms. The summed E-state index contributed by atoms with van der Waals surface area (Å²) in [5.74, 6) is 0.364. The van der Waals surface area contributed by atoms with E-state index in [1.54, 1.807) is 19.6 Å². The number of methoxy groups -OCH3 is 1. The van der Waals surface area contributed by atoms with Crippen LogP contribution in [0.25, 0.3) is 0 Å². The first-order valence-electron chi connectivity index (χ1n) is 10.1. The maximum absolute atomic E-state index is 13.5. The molecule has 2 aliphatic rings. The van der Waals surface area contributed by atoms with Crippen molar-refractivity contribution >= 4 is 5.91 Å². The molecule has 7 heteroatoms. The number of hydrogen-bond donors (Lipinski definition) is 0. The zero-order chi connectivity index (χ0) is 19.7. The number of nitrogens with zero attached hydrogens (tertiary/aromatic N) is 4. The molecular formula is C21H30N4O3. The van der Waals surface area contributed by atoms with Gasteiger partial charge in [-0.25, -0.2) is 4.98 Å². The second-order valence-electron chi connectivity index (χ2n) is 8.38. The van der Waals surface area contributed by atoms with Crippen LogP contribution in [0.2, 0.25) is 0 Å². The SMILES string of the molecule is COCCN1CC[C@]2(CN(Cc3ccoc3)C[C@@H]2c2cn(C(C)C)cn2)C1=O. The van der Waals surface area contributed by atoms with Crippen molar-refractivity contribution in [1.29, 1.82) is 0 Å². The Labute approximate surface area is 166 Å². The molecule has 2 aromatic heterocycles. The van der Waals surface area contributed by atoms with E-state index in [2.05, 4.69) is 29.5 Å². The van der Waals surface area contributed by atoms with Gasteiger partial charge in [-0.1, -0.05) is 0 Å². The van der Waals surface area contributed by atoms with E-state index in [1.165, 1.54) is 0 Å². The molecular weight excluding hydrogens is 356 g/mol. The van der Waals surface area contributed by atoms with Crippen LogP contribution in [0.1, 0.15) is 43.5 Å². The first-order valence-corrected chi connectivity index (χ1v) is 10.1. The van der Waals surface area contributed by atoms with Crippen molar-refractivity contribution in [3.63, 3.8) is 0 Å². The molecule has 7 nitrogen and oxygen atoms in total. The Kier molecular flexibility index (Phi) is 5.29. The van der Waals surface area contributed by atoms with Crippen LogP contribution < -0.4 is 0 Å². The van der Waals surface area contributed by atoms with Gasteiger partial charge in [0.2, 0.25) is 5.91 Å². The third kappa shape index (κ3) is 3.37. The third-order valence-corrected chi connectivity index (χ3v) is 6.28. The minimum atomic E-state index is -0.395. The fourth-order valence-corrected chi connectivity index (χ4v) is 4.70. The summed E-state index contributed by atoms with van der Waals surface area (Å²) in [6.45, 7) is 8.72. The van der Waals surface area contributed by atoms with Gasteiger partial charge >= 0.3 is 0 Å². The van der Waals surface area contributed by atoms with Gasteiger partial charge in [0.05, 0.1) is 36.6 Å². The van der Waals surface area contributed by atoms with Crippen LogP contribution in [-0.4, -0.2) is 65.2 Å². The van der Waals surface area contributed by atoms with E-state index in [9.17, 15) is 4.79 Å². The fourth-order valence-electron chi connectivity index (χ4n) is 4.70. The number of likely N-dealkylation sites (tertiary alicyclic amines) is 2. The number of rotatable bonds is 7. The summed E-state index contributed by atoms with van der Waals surface area (Å²) in [7, 11) is 1.68. The minimum absolute atomic E-state index is 0.111. The van der Waals surface area contributed by atoms with Crippen LogP contribution in [0.4, 0.5) is 0 Å². The highest BCUT2D eigenvalue weighted by atomic mass is 16.5. The lowest BCUT2D eigenvalue weighted by Gasteiger charge is -2.28. The van der Waals surface area contributed by atoms with E-state index in [4.69, 9.17) is 14.1 Å². The Morgan fingerprint density at radius 2 is 2.29 bits per heavy atom. The zero-order valence-electron chi connectivity index (χ0n) is 17.0. The van der Waals surface area contributed by atoms with Crippen LogP contribution in [0.3, 0.4) is 0 Å². The topological polar surface area (TPSA) is 63.7 Å². The van der Waals surface area contributed by atoms with Crippen molar-refractivity contribution in [2.24, 2.45) is 5.41 Å². The van der Waals surface area contributed by atoms with Gasteiger partial charge in [-0.05, 0) is 26.3 Å². The number of aromatic nitrogens is 2. The molecule has 2 fully saturated rings. The first-order chi connectivity index (χ1) is 13.5. The average Bonchev–Trinajstić information content (AvgIpc) is 3.44. The second kappa shape index (κ2) is 7.72. The Morgan fingerprint density at radius 1 is 1.43 bits per heavy atom. The van der Waals surface area contributed by atoms with Crippen LogP contribution in [0, 0.1) is 5.41 Å². The standard InChI is InChI=1S/C21H30N4O3/c1-16(2)25-12-19(22-15-25)18-11-23(10-17-4-8-28-13-17)14-21(18)5-6-24(20(21)26)7-9-27-3/h4,8,12-13,15-16,18H,5-7,9-11,14H2,1-3H3/t18-,21-/m1/s1. The number of furan rings is 1. The Balaban J connectivity index is 1.61. The van der Waals surface area contributed by atoms with E-state index in [0.29, 0.717) is 19.2 Å². The Morgan fingerprint density at radius 3 is 2.96 bits per heavy atom. The number of carbonyl (C=O) groups excluding carboxylic acids is 1. The van der Waals surface area contributed by atoms with Gasteiger partial charge in [0.15, 0.2) is 0 Å². The summed E-state index contributed by atoms with van der Waals surface area (Å²) in [6.07, 6.45) is 8.39. The fraction of sp³-hybridized carbons (Fsp3) is 0.619. The third-order valence-electron chi connectivity index (χ3n) is 6.28. The molecule has 0 unspecified atom stereocenters. The van der Waals surface area contributed by atoms with Crippen molar-refractivity contribution in [1.82, 2.24) is 19.4 Å². The highest BCUT2D eigenvalue weighted by Crippen LogP contribution is 2.49. The normalized spacial score (nSPS) is 25.6. The largest absolute Gasteiger partial charge is 0.472 e. The van der Waals surface area contributed by atoms with Gasteiger partial charge in [-0.2, -0.15) is 0 Å². The average molecular weight is 386 g/mol. The molecule has 28 heavy (non-hydrogen) atoms. The molecule has 0 aliphatic carbocycles. The van der Waals surface area contributed by atoms with E-state index < -0.39 is 5.41 Å². The molecule has 4 heterocycles. The molecule has 0 bridgehead atoms. The number of imidazole rings is 1. The Bertz CT molecular complexity index is 800. The van der Waals surface area contributed by atoms with Crippen molar-refractivity contribution in [2.45, 2.75) is 38.8 Å². The number of carbonyl (C=O) groups is 1.